The molecule has 1 rings (SSSR count). The molecule has 0 saturated carbocycles. The molecule has 1 heterocycles. The quantitative estimate of drug-likeness (QED) is 0.357. The third kappa shape index (κ3) is 4.25. The Kier molecular flexibility index (Phi) is 5.44. The summed E-state index contributed by atoms with van der Waals surface area (Å²) in [6, 6.07) is 1.21. The normalized spacial score (nSPS) is 11.3. The van der Waals surface area contributed by atoms with Gasteiger partial charge in [-0.2, -0.15) is 0 Å². The maximum Gasteiger partial charge on any atom is 0.333 e. The minimum absolute atomic E-state index is 0.175. The zero-order valence-corrected chi connectivity index (χ0v) is 11.0. The Morgan fingerprint density at radius 1 is 1.67 bits per heavy atom. The SMILES string of the molecule is CCC(=CCSc1nc(N)cc(=O)[nH]1)C(=O)OC. The first kappa shape index (κ1) is 14.3. The van der Waals surface area contributed by atoms with Gasteiger partial charge >= 0.3 is 5.97 Å². The third-order valence-corrected chi connectivity index (χ3v) is 2.92. The van der Waals surface area contributed by atoms with E-state index in [1.807, 2.05) is 6.92 Å². The van der Waals surface area contributed by atoms with Crippen molar-refractivity contribution in [3.05, 3.63) is 28.1 Å². The van der Waals surface area contributed by atoms with Crippen molar-refractivity contribution < 1.29 is 9.53 Å². The number of rotatable bonds is 5. The molecule has 0 spiro atoms. The van der Waals surface area contributed by atoms with E-state index in [9.17, 15) is 9.59 Å². The monoisotopic (exact) mass is 269 g/mol. The molecule has 0 amide bonds. The van der Waals surface area contributed by atoms with Gasteiger partial charge in [-0.15, -0.1) is 0 Å². The van der Waals surface area contributed by atoms with Crippen LogP contribution in [0.2, 0.25) is 0 Å². The van der Waals surface area contributed by atoms with Crippen molar-refractivity contribution in [2.75, 3.05) is 18.6 Å². The topological polar surface area (TPSA) is 98.1 Å². The molecule has 18 heavy (non-hydrogen) atoms. The van der Waals surface area contributed by atoms with E-state index in [0.717, 1.165) is 0 Å². The van der Waals surface area contributed by atoms with E-state index in [4.69, 9.17) is 5.73 Å². The minimum atomic E-state index is -0.341. The van der Waals surface area contributed by atoms with Gasteiger partial charge in [0.05, 0.1) is 7.11 Å². The molecule has 0 unspecified atom stereocenters. The summed E-state index contributed by atoms with van der Waals surface area (Å²) in [6.45, 7) is 1.87. The van der Waals surface area contributed by atoms with Gasteiger partial charge in [-0.05, 0) is 6.42 Å². The average Bonchev–Trinajstić information content (AvgIpc) is 2.32. The molecule has 0 aliphatic rings. The predicted molar refractivity (Wildman–Crippen MR) is 70.4 cm³/mol. The first-order valence-corrected chi connectivity index (χ1v) is 6.32. The van der Waals surface area contributed by atoms with Crippen LogP contribution in [-0.4, -0.2) is 28.8 Å². The number of nitrogen functional groups attached to an aromatic ring is 1. The number of esters is 1. The van der Waals surface area contributed by atoms with Crippen molar-refractivity contribution in [3.8, 4) is 0 Å². The average molecular weight is 269 g/mol. The van der Waals surface area contributed by atoms with Crippen LogP contribution in [-0.2, 0) is 9.53 Å². The van der Waals surface area contributed by atoms with E-state index < -0.39 is 0 Å². The van der Waals surface area contributed by atoms with Crippen molar-refractivity contribution in [2.24, 2.45) is 0 Å². The molecule has 0 aliphatic carbocycles. The molecule has 1 aromatic heterocycles. The number of ether oxygens (including phenoxy) is 1. The summed E-state index contributed by atoms with van der Waals surface area (Å²) in [6.07, 6.45) is 2.34. The molecule has 1 aromatic rings. The van der Waals surface area contributed by atoms with Crippen molar-refractivity contribution in [1.82, 2.24) is 9.97 Å². The number of aromatic nitrogens is 2. The van der Waals surface area contributed by atoms with Crippen molar-refractivity contribution in [2.45, 2.75) is 18.5 Å². The molecule has 0 radical (unpaired) electrons. The van der Waals surface area contributed by atoms with Crippen LogP contribution in [0.5, 0.6) is 0 Å². The molecule has 6 nitrogen and oxygen atoms in total. The number of carbonyl (C=O) groups excluding carboxylic acids is 1. The van der Waals surface area contributed by atoms with Crippen LogP contribution in [0, 0.1) is 0 Å². The van der Waals surface area contributed by atoms with Gasteiger partial charge in [0.1, 0.15) is 5.82 Å². The second-order valence-corrected chi connectivity index (χ2v) is 4.37. The van der Waals surface area contributed by atoms with Gasteiger partial charge in [-0.1, -0.05) is 24.8 Å². The molecule has 0 atom stereocenters. The van der Waals surface area contributed by atoms with Gasteiger partial charge in [-0.25, -0.2) is 9.78 Å². The lowest BCUT2D eigenvalue weighted by Crippen LogP contribution is -2.09. The highest BCUT2D eigenvalue weighted by Gasteiger charge is 2.06. The zero-order valence-electron chi connectivity index (χ0n) is 10.2. The lowest BCUT2D eigenvalue weighted by atomic mass is 10.2. The Balaban J connectivity index is 2.67. The highest BCUT2D eigenvalue weighted by Crippen LogP contribution is 2.14. The Morgan fingerprint density at radius 3 is 2.94 bits per heavy atom. The van der Waals surface area contributed by atoms with Crippen molar-refractivity contribution in [3.63, 3.8) is 0 Å². The number of nitrogens with zero attached hydrogens (tertiary/aromatic N) is 1. The Hall–Kier alpha value is -1.76. The number of H-pyrrole nitrogens is 1. The summed E-state index contributed by atoms with van der Waals surface area (Å²) in [5, 5.41) is 0.427. The molecular weight excluding hydrogens is 254 g/mol. The molecule has 7 heteroatoms. The second kappa shape index (κ2) is 6.85. The highest BCUT2D eigenvalue weighted by atomic mass is 32.2. The molecule has 0 bridgehead atoms. The number of nitrogens with one attached hydrogen (secondary N) is 1. The standard InChI is InChI=1S/C11H15N3O3S/c1-3-7(10(16)17-2)4-5-18-11-13-8(12)6-9(15)14-11/h4,6H,3,5H2,1-2H3,(H3,12,13,14,15). The van der Waals surface area contributed by atoms with E-state index >= 15 is 0 Å². The number of carbonyl (C=O) groups is 1. The van der Waals surface area contributed by atoms with Crippen LogP contribution >= 0.6 is 11.8 Å². The maximum absolute atomic E-state index is 11.3. The summed E-state index contributed by atoms with van der Waals surface area (Å²) < 4.78 is 4.63. The Morgan fingerprint density at radius 2 is 2.39 bits per heavy atom. The van der Waals surface area contributed by atoms with Crippen LogP contribution < -0.4 is 11.3 Å². The third-order valence-electron chi connectivity index (χ3n) is 2.12. The fraction of sp³-hybridized carbons (Fsp3) is 0.364. The van der Waals surface area contributed by atoms with Crippen LogP contribution in [0.1, 0.15) is 13.3 Å². The van der Waals surface area contributed by atoms with Crippen LogP contribution in [0.3, 0.4) is 0 Å². The highest BCUT2D eigenvalue weighted by molar-refractivity contribution is 7.99. The van der Waals surface area contributed by atoms with E-state index in [1.54, 1.807) is 6.08 Å². The zero-order chi connectivity index (χ0) is 13.5. The van der Waals surface area contributed by atoms with E-state index in [-0.39, 0.29) is 17.3 Å². The number of methoxy groups -OCH3 is 1. The lowest BCUT2D eigenvalue weighted by Gasteiger charge is -2.02. The predicted octanol–water partition coefficient (Wildman–Crippen LogP) is 0.954. The fourth-order valence-corrected chi connectivity index (χ4v) is 2.03. The van der Waals surface area contributed by atoms with E-state index in [1.165, 1.54) is 24.9 Å². The molecule has 0 saturated heterocycles. The smallest absolute Gasteiger partial charge is 0.333 e. The van der Waals surface area contributed by atoms with Gasteiger partial charge in [0, 0.05) is 17.4 Å². The minimum Gasteiger partial charge on any atom is -0.466 e. The largest absolute Gasteiger partial charge is 0.466 e. The number of thioether (sulfide) groups is 1. The summed E-state index contributed by atoms with van der Waals surface area (Å²) in [5.74, 6) is 0.339. The number of anilines is 1. The van der Waals surface area contributed by atoms with Gasteiger partial charge in [0.25, 0.3) is 5.56 Å². The lowest BCUT2D eigenvalue weighted by molar-refractivity contribution is -0.136. The molecular formula is C11H15N3O3S. The summed E-state index contributed by atoms with van der Waals surface area (Å²) in [5.41, 5.74) is 5.75. The van der Waals surface area contributed by atoms with Gasteiger partial charge in [0.15, 0.2) is 5.16 Å². The van der Waals surface area contributed by atoms with Crippen molar-refractivity contribution in [1.29, 1.82) is 0 Å². The molecule has 3 N–H and O–H groups in total. The summed E-state index contributed by atoms with van der Waals surface area (Å²) in [4.78, 5) is 29.0. The molecule has 0 aliphatic heterocycles. The fourth-order valence-electron chi connectivity index (χ4n) is 1.25. The Labute approximate surface area is 109 Å². The second-order valence-electron chi connectivity index (χ2n) is 3.36. The number of aromatic amines is 1. The van der Waals surface area contributed by atoms with Crippen LogP contribution in [0.4, 0.5) is 5.82 Å². The molecule has 0 aromatic carbocycles. The van der Waals surface area contributed by atoms with E-state index in [2.05, 4.69) is 14.7 Å². The first-order valence-electron chi connectivity index (χ1n) is 5.33. The number of nitrogens with two attached hydrogens (primary N) is 1. The number of hydrogen-bond acceptors (Lipinski definition) is 6. The van der Waals surface area contributed by atoms with Gasteiger partial charge in [-0.3, -0.25) is 4.79 Å². The van der Waals surface area contributed by atoms with E-state index in [0.29, 0.717) is 22.9 Å². The molecule has 0 fully saturated rings. The van der Waals surface area contributed by atoms with Crippen LogP contribution in [0.25, 0.3) is 0 Å². The maximum atomic E-state index is 11.3. The molecule has 98 valence electrons. The van der Waals surface area contributed by atoms with Crippen molar-refractivity contribution >= 4 is 23.5 Å². The van der Waals surface area contributed by atoms with Gasteiger partial charge < -0.3 is 15.5 Å². The van der Waals surface area contributed by atoms with Gasteiger partial charge in [0.2, 0.25) is 0 Å². The summed E-state index contributed by atoms with van der Waals surface area (Å²) in [7, 11) is 1.34. The first-order chi connectivity index (χ1) is 8.56. The number of hydrogen-bond donors (Lipinski definition) is 2. The summed E-state index contributed by atoms with van der Waals surface area (Å²) >= 11 is 1.29. The van der Waals surface area contributed by atoms with Crippen LogP contribution in [0.15, 0.2) is 27.7 Å². The Bertz CT molecular complexity index is 511.